The van der Waals surface area contributed by atoms with Crippen LogP contribution in [0.5, 0.6) is 11.5 Å². The summed E-state index contributed by atoms with van der Waals surface area (Å²) in [6, 6.07) is 14.4. The Balaban J connectivity index is 1.37. The summed E-state index contributed by atoms with van der Waals surface area (Å²) in [6.45, 7) is 5.73. The summed E-state index contributed by atoms with van der Waals surface area (Å²) in [5.74, 6) is 1.97. The maximum atomic E-state index is 13.2. The largest absolute Gasteiger partial charge is 0.490 e. The first kappa shape index (κ1) is 23.0. The van der Waals surface area contributed by atoms with E-state index in [1.165, 1.54) is 4.80 Å². The monoisotopic (exact) mass is 469 g/mol. The normalized spacial score (nSPS) is 15.3. The molecule has 0 N–H and O–H groups in total. The van der Waals surface area contributed by atoms with Crippen molar-refractivity contribution in [1.82, 2.24) is 25.1 Å². The molecule has 3 aromatic rings. The Morgan fingerprint density at radius 3 is 2.45 bits per heavy atom. The Hall–Kier alpha value is -3.13. The van der Waals surface area contributed by atoms with Crippen LogP contribution in [0, 0.1) is 0 Å². The molecule has 2 heterocycles. The number of amides is 1. The standard InChI is InChI=1S/C24H28ClN5O3/c1-3-20(30-27-23(26-28-30)17-9-11-18(25)12-10-17)24(31)29-15-13-19(14-16-29)33-22-8-6-5-7-21(22)32-4-2/h5-12,19-20H,3-4,13-16H2,1-2H3. The van der Waals surface area contributed by atoms with Crippen LogP contribution in [0.4, 0.5) is 0 Å². The molecule has 1 aliphatic heterocycles. The molecule has 1 aliphatic rings. The molecule has 0 spiro atoms. The summed E-state index contributed by atoms with van der Waals surface area (Å²) < 4.78 is 11.8. The van der Waals surface area contributed by atoms with E-state index in [-0.39, 0.29) is 12.0 Å². The number of carbonyl (C=O) groups excluding carboxylic acids is 1. The van der Waals surface area contributed by atoms with E-state index in [2.05, 4.69) is 15.4 Å². The molecular formula is C24H28ClN5O3. The lowest BCUT2D eigenvalue weighted by atomic mass is 10.1. The third-order valence-electron chi connectivity index (χ3n) is 5.68. The minimum Gasteiger partial charge on any atom is -0.490 e. The van der Waals surface area contributed by atoms with Crippen molar-refractivity contribution in [2.24, 2.45) is 0 Å². The van der Waals surface area contributed by atoms with Crippen LogP contribution in [0.25, 0.3) is 11.4 Å². The molecule has 1 aromatic heterocycles. The Bertz CT molecular complexity index is 1060. The van der Waals surface area contributed by atoms with Gasteiger partial charge in [-0.05, 0) is 55.0 Å². The van der Waals surface area contributed by atoms with Gasteiger partial charge >= 0.3 is 0 Å². The van der Waals surface area contributed by atoms with Crippen LogP contribution in [-0.2, 0) is 4.79 Å². The number of rotatable bonds is 8. The molecule has 0 aliphatic carbocycles. The minimum absolute atomic E-state index is 0.00530. The predicted molar refractivity (Wildman–Crippen MR) is 125 cm³/mol. The van der Waals surface area contributed by atoms with Crippen LogP contribution in [0.1, 0.15) is 39.2 Å². The number of halogens is 1. The first-order valence-electron chi connectivity index (χ1n) is 11.3. The topological polar surface area (TPSA) is 82.4 Å². The van der Waals surface area contributed by atoms with Gasteiger partial charge in [0, 0.05) is 36.5 Å². The van der Waals surface area contributed by atoms with Gasteiger partial charge in [-0.15, -0.1) is 10.2 Å². The Morgan fingerprint density at radius 2 is 1.79 bits per heavy atom. The highest BCUT2D eigenvalue weighted by Gasteiger charge is 2.31. The molecule has 174 valence electrons. The fourth-order valence-corrected chi connectivity index (χ4v) is 4.04. The number of ether oxygens (including phenoxy) is 2. The summed E-state index contributed by atoms with van der Waals surface area (Å²) in [5, 5.41) is 13.4. The lowest BCUT2D eigenvalue weighted by Crippen LogP contribution is -2.45. The van der Waals surface area contributed by atoms with Gasteiger partial charge < -0.3 is 14.4 Å². The van der Waals surface area contributed by atoms with Gasteiger partial charge in [0.2, 0.25) is 11.7 Å². The van der Waals surface area contributed by atoms with E-state index in [0.29, 0.717) is 37.0 Å². The van der Waals surface area contributed by atoms with Gasteiger partial charge in [-0.1, -0.05) is 30.7 Å². The zero-order valence-electron chi connectivity index (χ0n) is 18.9. The summed E-state index contributed by atoms with van der Waals surface area (Å²) in [5.41, 5.74) is 0.804. The average molecular weight is 470 g/mol. The molecule has 0 saturated carbocycles. The van der Waals surface area contributed by atoms with Gasteiger partial charge in [-0.3, -0.25) is 4.79 Å². The highest BCUT2D eigenvalue weighted by molar-refractivity contribution is 6.30. The molecular weight excluding hydrogens is 442 g/mol. The predicted octanol–water partition coefficient (Wildman–Crippen LogP) is 4.41. The van der Waals surface area contributed by atoms with Crippen molar-refractivity contribution in [2.45, 2.75) is 45.3 Å². The van der Waals surface area contributed by atoms with Crippen LogP contribution < -0.4 is 9.47 Å². The third kappa shape index (κ3) is 5.45. The van der Waals surface area contributed by atoms with Crippen molar-refractivity contribution < 1.29 is 14.3 Å². The molecule has 1 saturated heterocycles. The molecule has 0 radical (unpaired) electrons. The van der Waals surface area contributed by atoms with Crippen LogP contribution in [-0.4, -0.2) is 56.8 Å². The van der Waals surface area contributed by atoms with Crippen LogP contribution >= 0.6 is 11.6 Å². The first-order chi connectivity index (χ1) is 16.1. The molecule has 1 fully saturated rings. The Kier molecular flexibility index (Phi) is 7.44. The van der Waals surface area contributed by atoms with Gasteiger partial charge in [0.05, 0.1) is 6.61 Å². The van der Waals surface area contributed by atoms with E-state index >= 15 is 0 Å². The zero-order chi connectivity index (χ0) is 23.2. The second-order valence-electron chi connectivity index (χ2n) is 7.89. The quantitative estimate of drug-likeness (QED) is 0.486. The molecule has 0 bridgehead atoms. The zero-order valence-corrected chi connectivity index (χ0v) is 19.6. The highest BCUT2D eigenvalue weighted by Crippen LogP contribution is 2.30. The molecule has 33 heavy (non-hydrogen) atoms. The highest BCUT2D eigenvalue weighted by atomic mass is 35.5. The van der Waals surface area contributed by atoms with Crippen molar-refractivity contribution in [3.8, 4) is 22.9 Å². The Labute approximate surface area is 198 Å². The van der Waals surface area contributed by atoms with E-state index < -0.39 is 6.04 Å². The Morgan fingerprint density at radius 1 is 1.09 bits per heavy atom. The van der Waals surface area contributed by atoms with E-state index in [0.717, 1.165) is 29.9 Å². The van der Waals surface area contributed by atoms with Crippen LogP contribution in [0.2, 0.25) is 5.02 Å². The molecule has 8 nitrogen and oxygen atoms in total. The summed E-state index contributed by atoms with van der Waals surface area (Å²) in [6.07, 6.45) is 2.12. The number of aromatic nitrogens is 4. The minimum atomic E-state index is -0.491. The van der Waals surface area contributed by atoms with Crippen molar-refractivity contribution in [3.05, 3.63) is 53.6 Å². The number of piperidine rings is 1. The van der Waals surface area contributed by atoms with Crippen molar-refractivity contribution in [3.63, 3.8) is 0 Å². The number of hydrogen-bond acceptors (Lipinski definition) is 6. The van der Waals surface area contributed by atoms with E-state index in [1.54, 1.807) is 12.1 Å². The number of nitrogens with zero attached hydrogens (tertiary/aromatic N) is 5. The molecule has 1 atom stereocenters. The van der Waals surface area contributed by atoms with Gasteiger partial charge in [0.1, 0.15) is 6.10 Å². The van der Waals surface area contributed by atoms with E-state index in [1.807, 2.05) is 55.1 Å². The molecule has 1 unspecified atom stereocenters. The van der Waals surface area contributed by atoms with Crippen molar-refractivity contribution in [2.75, 3.05) is 19.7 Å². The SMILES string of the molecule is CCOc1ccccc1OC1CCN(C(=O)C(CC)n2nnc(-c3ccc(Cl)cc3)n2)CC1. The fraction of sp³-hybridized carbons (Fsp3) is 0.417. The lowest BCUT2D eigenvalue weighted by Gasteiger charge is -2.34. The maximum absolute atomic E-state index is 13.2. The number of benzene rings is 2. The lowest BCUT2D eigenvalue weighted by molar-refractivity contribution is -0.137. The van der Waals surface area contributed by atoms with Crippen LogP contribution in [0.3, 0.4) is 0 Å². The average Bonchev–Trinajstić information content (AvgIpc) is 3.32. The smallest absolute Gasteiger partial charge is 0.249 e. The molecule has 2 aromatic carbocycles. The van der Waals surface area contributed by atoms with Gasteiger partial charge in [0.25, 0.3) is 0 Å². The van der Waals surface area contributed by atoms with Crippen molar-refractivity contribution in [1.29, 1.82) is 0 Å². The van der Waals surface area contributed by atoms with Gasteiger partial charge in [0.15, 0.2) is 17.5 Å². The molecule has 9 heteroatoms. The fourth-order valence-electron chi connectivity index (χ4n) is 3.92. The third-order valence-corrected chi connectivity index (χ3v) is 5.93. The van der Waals surface area contributed by atoms with E-state index in [9.17, 15) is 4.79 Å². The summed E-state index contributed by atoms with van der Waals surface area (Å²) in [7, 11) is 0. The summed E-state index contributed by atoms with van der Waals surface area (Å²) >= 11 is 5.96. The number of para-hydroxylation sites is 2. The number of carbonyl (C=O) groups is 1. The number of likely N-dealkylation sites (tertiary alicyclic amines) is 1. The second kappa shape index (κ2) is 10.7. The molecule has 4 rings (SSSR count). The van der Waals surface area contributed by atoms with Gasteiger partial charge in [-0.25, -0.2) is 0 Å². The second-order valence-corrected chi connectivity index (χ2v) is 8.32. The maximum Gasteiger partial charge on any atom is 0.249 e. The number of tetrazole rings is 1. The molecule has 1 amide bonds. The summed E-state index contributed by atoms with van der Waals surface area (Å²) in [4.78, 5) is 16.5. The van der Waals surface area contributed by atoms with Crippen LogP contribution in [0.15, 0.2) is 48.5 Å². The first-order valence-corrected chi connectivity index (χ1v) is 11.7. The van der Waals surface area contributed by atoms with Crippen molar-refractivity contribution >= 4 is 17.5 Å². The van der Waals surface area contributed by atoms with Gasteiger partial charge in [-0.2, -0.15) is 4.80 Å². The van der Waals surface area contributed by atoms with E-state index in [4.69, 9.17) is 21.1 Å². The number of hydrogen-bond donors (Lipinski definition) is 0.